The standard InChI is InChI=1S/C56H61N/c1-53(2,3)41-32-40(33-42(34-41)54(4,5)6)46-26-16-18-30-50(46)57(45-36-43(55(7,8)9)35-44(37-45)56(10,11)12)51-31-19-17-27-48(51)49-29-21-25-39-24-20-28-47(52(39)49)38-22-14-13-15-23-38/h13-37H,1-12H3. The van der Waals surface area contributed by atoms with Gasteiger partial charge in [-0.15, -0.1) is 0 Å². The fourth-order valence-electron chi connectivity index (χ4n) is 7.90. The molecule has 0 fully saturated rings. The van der Waals surface area contributed by atoms with Gasteiger partial charge in [-0.2, -0.15) is 0 Å². The second-order valence-corrected chi connectivity index (χ2v) is 20.0. The summed E-state index contributed by atoms with van der Waals surface area (Å²) in [7, 11) is 0. The van der Waals surface area contributed by atoms with Gasteiger partial charge >= 0.3 is 0 Å². The van der Waals surface area contributed by atoms with E-state index in [0.29, 0.717) is 0 Å². The molecule has 290 valence electrons. The van der Waals surface area contributed by atoms with Crippen LogP contribution in [0.4, 0.5) is 17.1 Å². The number of rotatable bonds is 6. The van der Waals surface area contributed by atoms with Gasteiger partial charge in [0, 0.05) is 16.8 Å². The van der Waals surface area contributed by atoms with Crippen LogP contribution in [0.1, 0.15) is 105 Å². The smallest absolute Gasteiger partial charge is 0.0540 e. The van der Waals surface area contributed by atoms with Crippen LogP contribution in [0.15, 0.2) is 152 Å². The first-order valence-corrected chi connectivity index (χ1v) is 20.7. The minimum Gasteiger partial charge on any atom is -0.309 e. The van der Waals surface area contributed by atoms with Gasteiger partial charge in [0.15, 0.2) is 0 Å². The predicted molar refractivity (Wildman–Crippen MR) is 250 cm³/mol. The number of benzene rings is 7. The molecule has 0 N–H and O–H groups in total. The molecular weight excluding hydrogens is 687 g/mol. The molecule has 0 bridgehead atoms. The summed E-state index contributed by atoms with van der Waals surface area (Å²) in [6.45, 7) is 27.9. The molecule has 1 heteroatoms. The Hall–Kier alpha value is -5.40. The third-order valence-electron chi connectivity index (χ3n) is 11.5. The Morgan fingerprint density at radius 1 is 0.316 bits per heavy atom. The second kappa shape index (κ2) is 14.8. The van der Waals surface area contributed by atoms with Crippen LogP contribution in [0.3, 0.4) is 0 Å². The largest absolute Gasteiger partial charge is 0.309 e. The highest BCUT2D eigenvalue weighted by molar-refractivity contribution is 6.09. The zero-order valence-corrected chi connectivity index (χ0v) is 36.4. The first kappa shape index (κ1) is 39.8. The van der Waals surface area contributed by atoms with Crippen LogP contribution in [0.2, 0.25) is 0 Å². The van der Waals surface area contributed by atoms with Gasteiger partial charge in [0.1, 0.15) is 0 Å². The van der Waals surface area contributed by atoms with Crippen molar-refractivity contribution in [3.63, 3.8) is 0 Å². The SMILES string of the molecule is CC(C)(C)c1cc(-c2ccccc2N(c2cc(C(C)(C)C)cc(C(C)(C)C)c2)c2ccccc2-c2cccc3cccc(-c4ccccc4)c23)cc(C(C)(C)C)c1. The second-order valence-electron chi connectivity index (χ2n) is 20.0. The van der Waals surface area contributed by atoms with Gasteiger partial charge in [-0.3, -0.25) is 0 Å². The van der Waals surface area contributed by atoms with E-state index in [4.69, 9.17) is 0 Å². The molecule has 0 heterocycles. The van der Waals surface area contributed by atoms with Crippen molar-refractivity contribution in [1.82, 2.24) is 0 Å². The number of hydrogen-bond acceptors (Lipinski definition) is 1. The molecule has 0 saturated heterocycles. The van der Waals surface area contributed by atoms with Crippen LogP contribution in [-0.2, 0) is 21.7 Å². The molecule has 57 heavy (non-hydrogen) atoms. The van der Waals surface area contributed by atoms with E-state index in [2.05, 4.69) is 240 Å². The number of anilines is 3. The molecule has 0 atom stereocenters. The molecule has 7 rings (SSSR count). The summed E-state index contributed by atoms with van der Waals surface area (Å²) >= 11 is 0. The normalized spacial score (nSPS) is 12.6. The topological polar surface area (TPSA) is 3.24 Å². The van der Waals surface area contributed by atoms with E-state index in [9.17, 15) is 0 Å². The number of hydrogen-bond donors (Lipinski definition) is 0. The molecule has 7 aromatic carbocycles. The maximum Gasteiger partial charge on any atom is 0.0540 e. The fraction of sp³-hybridized carbons (Fsp3) is 0.286. The lowest BCUT2D eigenvalue weighted by Gasteiger charge is -2.34. The Morgan fingerprint density at radius 2 is 0.719 bits per heavy atom. The van der Waals surface area contributed by atoms with Crippen molar-refractivity contribution in [3.05, 3.63) is 174 Å². The van der Waals surface area contributed by atoms with E-state index in [1.54, 1.807) is 0 Å². The molecule has 0 unspecified atom stereocenters. The summed E-state index contributed by atoms with van der Waals surface area (Å²) in [6, 6.07) is 57.0. The summed E-state index contributed by atoms with van der Waals surface area (Å²) < 4.78 is 0. The zero-order chi connectivity index (χ0) is 40.9. The molecule has 0 aromatic heterocycles. The third-order valence-corrected chi connectivity index (χ3v) is 11.5. The van der Waals surface area contributed by atoms with Crippen LogP contribution in [-0.4, -0.2) is 0 Å². The fourth-order valence-corrected chi connectivity index (χ4v) is 7.90. The summed E-state index contributed by atoms with van der Waals surface area (Å²) in [5.41, 5.74) is 16.0. The summed E-state index contributed by atoms with van der Waals surface area (Å²) in [5.74, 6) is 0. The quantitative estimate of drug-likeness (QED) is 0.164. The minimum atomic E-state index is -0.0520. The van der Waals surface area contributed by atoms with Gasteiger partial charge in [0.25, 0.3) is 0 Å². The summed E-state index contributed by atoms with van der Waals surface area (Å²) in [5, 5.41) is 2.49. The molecule has 0 spiro atoms. The molecule has 0 amide bonds. The van der Waals surface area contributed by atoms with Gasteiger partial charge in [0.2, 0.25) is 0 Å². The first-order valence-electron chi connectivity index (χ1n) is 20.7. The van der Waals surface area contributed by atoms with Gasteiger partial charge in [-0.25, -0.2) is 0 Å². The van der Waals surface area contributed by atoms with E-state index < -0.39 is 0 Å². The third kappa shape index (κ3) is 8.22. The van der Waals surface area contributed by atoms with Gasteiger partial charge in [0.05, 0.1) is 11.4 Å². The van der Waals surface area contributed by atoms with Crippen molar-refractivity contribution >= 4 is 27.8 Å². The molecular formula is C56H61N. The highest BCUT2D eigenvalue weighted by atomic mass is 15.1. The van der Waals surface area contributed by atoms with Gasteiger partial charge in [-0.1, -0.05) is 210 Å². The van der Waals surface area contributed by atoms with Crippen molar-refractivity contribution < 1.29 is 0 Å². The lowest BCUT2D eigenvalue weighted by atomic mass is 9.78. The number of fused-ring (bicyclic) bond motifs is 1. The van der Waals surface area contributed by atoms with Crippen LogP contribution < -0.4 is 4.90 Å². The molecule has 0 radical (unpaired) electrons. The van der Waals surface area contributed by atoms with Crippen molar-refractivity contribution in [1.29, 1.82) is 0 Å². The van der Waals surface area contributed by atoms with E-state index in [-0.39, 0.29) is 21.7 Å². The maximum atomic E-state index is 2.56. The number of nitrogens with zero attached hydrogens (tertiary/aromatic N) is 1. The molecule has 7 aromatic rings. The molecule has 0 aliphatic heterocycles. The highest BCUT2D eigenvalue weighted by Gasteiger charge is 2.28. The molecule has 0 aliphatic carbocycles. The van der Waals surface area contributed by atoms with Crippen LogP contribution >= 0.6 is 0 Å². The Labute approximate surface area is 343 Å². The van der Waals surface area contributed by atoms with Gasteiger partial charge in [-0.05, 0) is 101 Å². The summed E-state index contributed by atoms with van der Waals surface area (Å²) in [4.78, 5) is 2.56. The van der Waals surface area contributed by atoms with E-state index >= 15 is 0 Å². The molecule has 0 aliphatic rings. The highest BCUT2D eigenvalue weighted by Crippen LogP contribution is 2.49. The monoisotopic (exact) mass is 747 g/mol. The van der Waals surface area contributed by atoms with E-state index in [1.165, 1.54) is 72.1 Å². The Balaban J connectivity index is 1.59. The Bertz CT molecular complexity index is 2470. The maximum absolute atomic E-state index is 2.56. The Kier molecular flexibility index (Phi) is 10.4. The molecule has 0 saturated carbocycles. The van der Waals surface area contributed by atoms with Crippen LogP contribution in [0.25, 0.3) is 44.2 Å². The summed E-state index contributed by atoms with van der Waals surface area (Å²) in [6.07, 6.45) is 0. The zero-order valence-electron chi connectivity index (χ0n) is 36.4. The van der Waals surface area contributed by atoms with Crippen molar-refractivity contribution in [2.24, 2.45) is 0 Å². The average molecular weight is 748 g/mol. The van der Waals surface area contributed by atoms with E-state index in [0.717, 1.165) is 11.4 Å². The van der Waals surface area contributed by atoms with E-state index in [1.807, 2.05) is 0 Å². The molecule has 1 nitrogen and oxygen atoms in total. The Morgan fingerprint density at radius 3 is 1.23 bits per heavy atom. The van der Waals surface area contributed by atoms with Crippen molar-refractivity contribution in [3.8, 4) is 33.4 Å². The van der Waals surface area contributed by atoms with Crippen molar-refractivity contribution in [2.75, 3.05) is 4.90 Å². The van der Waals surface area contributed by atoms with Crippen LogP contribution in [0, 0.1) is 0 Å². The van der Waals surface area contributed by atoms with Gasteiger partial charge < -0.3 is 4.90 Å². The average Bonchev–Trinajstić information content (AvgIpc) is 3.17. The van der Waals surface area contributed by atoms with Crippen molar-refractivity contribution in [2.45, 2.75) is 105 Å². The lowest BCUT2D eigenvalue weighted by Crippen LogP contribution is -2.20. The number of para-hydroxylation sites is 2. The minimum absolute atomic E-state index is 0.00921. The predicted octanol–water partition coefficient (Wildman–Crippen LogP) is 16.5. The van der Waals surface area contributed by atoms with Crippen LogP contribution in [0.5, 0.6) is 0 Å². The first-order chi connectivity index (χ1) is 26.8. The lowest BCUT2D eigenvalue weighted by molar-refractivity contribution is 0.568.